The number of Topliss-reactive ketones (excluding diaryl/α,β-unsaturated/α-hetero) is 2. The van der Waals surface area contributed by atoms with Crippen molar-refractivity contribution in [3.8, 4) is 0 Å². The van der Waals surface area contributed by atoms with Crippen molar-refractivity contribution in [2.75, 3.05) is 0 Å². The number of ketones is 2. The molecule has 0 radical (unpaired) electrons. The van der Waals surface area contributed by atoms with Gasteiger partial charge in [0.25, 0.3) is 0 Å². The van der Waals surface area contributed by atoms with Gasteiger partial charge in [0.05, 0.1) is 8.96 Å². The van der Waals surface area contributed by atoms with Crippen molar-refractivity contribution in [1.29, 1.82) is 0 Å². The maximum absolute atomic E-state index is 12.2. The van der Waals surface area contributed by atoms with E-state index in [0.29, 0.717) is 11.1 Å². The normalized spacial score (nSPS) is 11.7. The highest BCUT2D eigenvalue weighted by atomic mass is 79.9. The fraction of sp³-hybridized carbons (Fsp3) is 0. The Kier molecular flexibility index (Phi) is 5.04. The maximum atomic E-state index is 12.2. The summed E-state index contributed by atoms with van der Waals surface area (Å²) in [5.41, 5.74) is 1.05. The molecule has 0 aliphatic carbocycles. The Morgan fingerprint density at radius 3 is 1.20 bits per heavy atom. The summed E-state index contributed by atoms with van der Waals surface area (Å²) in [5, 5.41) is 0. The molecule has 100 valence electrons. The lowest BCUT2D eigenvalue weighted by Gasteiger charge is -2.04. The monoisotopic (exact) mass is 392 g/mol. The predicted molar refractivity (Wildman–Crippen MR) is 86.4 cm³/mol. The average Bonchev–Trinajstić information content (AvgIpc) is 2.53. The number of carbonyl (C=O) groups is 2. The van der Waals surface area contributed by atoms with Crippen molar-refractivity contribution in [3.05, 3.63) is 80.8 Å². The van der Waals surface area contributed by atoms with E-state index in [1.54, 1.807) is 48.5 Å². The number of rotatable bonds is 4. The quantitative estimate of drug-likeness (QED) is 0.554. The Morgan fingerprint density at radius 1 is 0.600 bits per heavy atom. The van der Waals surface area contributed by atoms with Crippen molar-refractivity contribution in [2.24, 2.45) is 0 Å². The first kappa shape index (κ1) is 14.9. The summed E-state index contributed by atoms with van der Waals surface area (Å²) >= 11 is 6.41. The molecule has 0 atom stereocenters. The Morgan fingerprint density at radius 2 is 0.900 bits per heavy atom. The second kappa shape index (κ2) is 6.77. The Bertz CT molecular complexity index is 602. The van der Waals surface area contributed by atoms with Crippen LogP contribution in [0.1, 0.15) is 20.7 Å². The Hall–Kier alpha value is -1.52. The third kappa shape index (κ3) is 3.32. The third-order valence-corrected chi connectivity index (χ3v) is 4.71. The molecule has 0 amide bonds. The van der Waals surface area contributed by atoms with Crippen LogP contribution >= 0.6 is 31.9 Å². The van der Waals surface area contributed by atoms with E-state index in [4.69, 9.17) is 0 Å². The summed E-state index contributed by atoms with van der Waals surface area (Å²) in [6.07, 6.45) is 0. The summed E-state index contributed by atoms with van der Waals surface area (Å²) in [6, 6.07) is 17.6. The largest absolute Gasteiger partial charge is 0.288 e. The predicted octanol–water partition coefficient (Wildman–Crippen LogP) is 4.75. The third-order valence-electron chi connectivity index (χ3n) is 2.66. The minimum absolute atomic E-state index is 0.220. The highest BCUT2D eigenvalue weighted by Crippen LogP contribution is 2.25. The van der Waals surface area contributed by atoms with Crippen molar-refractivity contribution >= 4 is 43.4 Å². The molecule has 0 fully saturated rings. The van der Waals surface area contributed by atoms with E-state index < -0.39 is 0 Å². The summed E-state index contributed by atoms with van der Waals surface area (Å²) in [4.78, 5) is 24.5. The first-order valence-electron chi connectivity index (χ1n) is 5.86. The van der Waals surface area contributed by atoms with Gasteiger partial charge < -0.3 is 0 Å². The van der Waals surface area contributed by atoms with Crippen LogP contribution in [0.5, 0.6) is 0 Å². The number of benzene rings is 2. The molecule has 0 saturated heterocycles. The van der Waals surface area contributed by atoms with Crippen LogP contribution in [-0.4, -0.2) is 11.6 Å². The first-order valence-corrected chi connectivity index (χ1v) is 7.44. The van der Waals surface area contributed by atoms with Crippen molar-refractivity contribution in [2.45, 2.75) is 0 Å². The number of carbonyl (C=O) groups excluding carboxylic acids is 2. The van der Waals surface area contributed by atoms with E-state index in [0.717, 1.165) is 0 Å². The molecule has 20 heavy (non-hydrogen) atoms. The van der Waals surface area contributed by atoms with Crippen molar-refractivity contribution < 1.29 is 9.59 Å². The fourth-order valence-corrected chi connectivity index (χ4v) is 2.45. The zero-order valence-corrected chi connectivity index (χ0v) is 13.5. The molecule has 0 saturated carbocycles. The average molecular weight is 394 g/mol. The summed E-state index contributed by atoms with van der Waals surface area (Å²) in [5.74, 6) is -0.469. The summed E-state index contributed by atoms with van der Waals surface area (Å²) in [6.45, 7) is 0. The number of halogens is 2. The minimum atomic E-state index is -0.234. The van der Waals surface area contributed by atoms with E-state index in [9.17, 15) is 9.59 Å². The van der Waals surface area contributed by atoms with Crippen LogP contribution in [0.25, 0.3) is 0 Å². The van der Waals surface area contributed by atoms with E-state index in [2.05, 4.69) is 31.9 Å². The van der Waals surface area contributed by atoms with Crippen molar-refractivity contribution in [1.82, 2.24) is 0 Å². The van der Waals surface area contributed by atoms with Gasteiger partial charge in [0.15, 0.2) is 0 Å². The molecule has 0 bridgehead atoms. The van der Waals surface area contributed by atoms with Crippen molar-refractivity contribution in [3.63, 3.8) is 0 Å². The number of allylic oxidation sites excluding steroid dienone is 2. The molecule has 0 aliphatic rings. The van der Waals surface area contributed by atoms with Gasteiger partial charge in [-0.3, -0.25) is 9.59 Å². The van der Waals surface area contributed by atoms with Gasteiger partial charge >= 0.3 is 0 Å². The van der Waals surface area contributed by atoms with Crippen LogP contribution < -0.4 is 0 Å². The Balaban J connectivity index is 2.32. The topological polar surface area (TPSA) is 34.1 Å². The highest BCUT2D eigenvalue weighted by Gasteiger charge is 2.19. The van der Waals surface area contributed by atoms with Gasteiger partial charge in [0.2, 0.25) is 11.6 Å². The maximum Gasteiger partial charge on any atom is 0.201 e. The van der Waals surface area contributed by atoms with Gasteiger partial charge in [-0.1, -0.05) is 60.7 Å². The van der Waals surface area contributed by atoms with E-state index in [-0.39, 0.29) is 20.5 Å². The lowest BCUT2D eigenvalue weighted by molar-refractivity contribution is 0.101. The second-order valence-corrected chi connectivity index (χ2v) is 5.60. The highest BCUT2D eigenvalue weighted by molar-refractivity contribution is 9.14. The molecule has 4 heteroatoms. The first-order chi connectivity index (χ1) is 9.61. The van der Waals surface area contributed by atoms with E-state index in [1.165, 1.54) is 0 Å². The number of hydrogen-bond donors (Lipinski definition) is 0. The zero-order valence-electron chi connectivity index (χ0n) is 10.3. The van der Waals surface area contributed by atoms with Gasteiger partial charge in [-0.2, -0.15) is 0 Å². The zero-order chi connectivity index (χ0) is 14.5. The molecule has 0 unspecified atom stereocenters. The minimum Gasteiger partial charge on any atom is -0.288 e. The molecule has 2 rings (SSSR count). The van der Waals surface area contributed by atoms with Gasteiger partial charge in [-0.15, -0.1) is 0 Å². The smallest absolute Gasteiger partial charge is 0.201 e. The van der Waals surface area contributed by atoms with Crippen LogP contribution in [0, 0.1) is 0 Å². The molecule has 2 aromatic rings. The van der Waals surface area contributed by atoms with E-state index in [1.807, 2.05) is 12.1 Å². The molecular formula is C16H10Br2O2. The molecule has 0 heterocycles. The lowest BCUT2D eigenvalue weighted by atomic mass is 10.1. The molecule has 0 aliphatic heterocycles. The SMILES string of the molecule is O=C(/C(Br)=C(/Br)C(=O)c1ccccc1)c1ccccc1. The molecular weight excluding hydrogens is 384 g/mol. The van der Waals surface area contributed by atoms with E-state index >= 15 is 0 Å². The number of hydrogen-bond acceptors (Lipinski definition) is 2. The molecule has 2 aromatic carbocycles. The van der Waals surface area contributed by atoms with Crippen LogP contribution in [0.2, 0.25) is 0 Å². The fourth-order valence-electron chi connectivity index (χ4n) is 1.63. The van der Waals surface area contributed by atoms with Crippen LogP contribution in [0.4, 0.5) is 0 Å². The second-order valence-electron chi connectivity index (χ2n) is 4.02. The van der Waals surface area contributed by atoms with Gasteiger partial charge in [-0.05, 0) is 31.9 Å². The Labute approximate surface area is 133 Å². The van der Waals surface area contributed by atoms with Gasteiger partial charge in [0, 0.05) is 11.1 Å². The standard InChI is InChI=1S/C16H10Br2O2/c17-13(15(19)11-7-3-1-4-8-11)14(18)16(20)12-9-5-2-6-10-12/h1-10H/b14-13-. The molecule has 0 N–H and O–H groups in total. The summed E-state index contributed by atoms with van der Waals surface area (Å²) < 4.78 is 0.440. The van der Waals surface area contributed by atoms with Gasteiger partial charge in [-0.25, -0.2) is 0 Å². The lowest BCUT2D eigenvalue weighted by Crippen LogP contribution is -2.06. The van der Waals surface area contributed by atoms with Crippen LogP contribution in [0.3, 0.4) is 0 Å². The van der Waals surface area contributed by atoms with Gasteiger partial charge in [0.1, 0.15) is 0 Å². The summed E-state index contributed by atoms with van der Waals surface area (Å²) in [7, 11) is 0. The molecule has 0 aromatic heterocycles. The van der Waals surface area contributed by atoms with Crippen LogP contribution in [-0.2, 0) is 0 Å². The van der Waals surface area contributed by atoms with Crippen LogP contribution in [0.15, 0.2) is 69.6 Å². The molecule has 0 spiro atoms. The molecule has 2 nitrogen and oxygen atoms in total.